The van der Waals surface area contributed by atoms with Gasteiger partial charge in [0.1, 0.15) is 5.75 Å². The van der Waals surface area contributed by atoms with E-state index < -0.39 is 16.1 Å². The summed E-state index contributed by atoms with van der Waals surface area (Å²) in [6.07, 6.45) is 0.496. The Bertz CT molecular complexity index is 1180. The second-order valence-corrected chi connectivity index (χ2v) is 9.91. The number of carbonyl (C=O) groups excluding carboxylic acids is 1. The summed E-state index contributed by atoms with van der Waals surface area (Å²) in [6, 6.07) is 23.9. The third-order valence-corrected chi connectivity index (χ3v) is 6.61. The first kappa shape index (κ1) is 27.2. The molecule has 0 saturated heterocycles. The highest BCUT2D eigenvalue weighted by molar-refractivity contribution is 7.91. The standard InChI is InChI=1S/C28H33NO6S/c1-3-33-27(28(30)34-4-2)20-23-12-16-26(17-13-23)35-19-18-22-10-14-25(15-11-22)29-36(31,32)21-24-8-6-5-7-9-24/h5-17,27,29H,3-4,18-21H2,1-2H3. The number of hydrogen-bond donors (Lipinski definition) is 1. The molecule has 0 saturated carbocycles. The Morgan fingerprint density at radius 1 is 0.833 bits per heavy atom. The van der Waals surface area contributed by atoms with Crippen molar-refractivity contribution in [1.29, 1.82) is 0 Å². The van der Waals surface area contributed by atoms with E-state index in [0.717, 1.165) is 22.4 Å². The lowest BCUT2D eigenvalue weighted by Crippen LogP contribution is -2.28. The molecule has 3 aromatic rings. The summed E-state index contributed by atoms with van der Waals surface area (Å²) in [7, 11) is -3.48. The van der Waals surface area contributed by atoms with Crippen molar-refractivity contribution >= 4 is 21.7 Å². The molecule has 1 atom stereocenters. The number of esters is 1. The number of ether oxygens (including phenoxy) is 3. The van der Waals surface area contributed by atoms with Gasteiger partial charge in [0.25, 0.3) is 0 Å². The van der Waals surface area contributed by atoms with Crippen LogP contribution < -0.4 is 9.46 Å². The van der Waals surface area contributed by atoms with Crippen LogP contribution in [0.2, 0.25) is 0 Å². The van der Waals surface area contributed by atoms with Gasteiger partial charge in [0.2, 0.25) is 10.0 Å². The van der Waals surface area contributed by atoms with Gasteiger partial charge in [-0.15, -0.1) is 0 Å². The molecule has 0 aliphatic heterocycles. The molecule has 3 rings (SSSR count). The topological polar surface area (TPSA) is 90.9 Å². The molecule has 0 aromatic heterocycles. The number of nitrogens with one attached hydrogen (secondary N) is 1. The lowest BCUT2D eigenvalue weighted by atomic mass is 10.1. The van der Waals surface area contributed by atoms with E-state index in [4.69, 9.17) is 14.2 Å². The van der Waals surface area contributed by atoms with Gasteiger partial charge in [-0.05, 0) is 54.8 Å². The Morgan fingerprint density at radius 2 is 1.50 bits per heavy atom. The van der Waals surface area contributed by atoms with Gasteiger partial charge < -0.3 is 14.2 Å². The molecule has 0 radical (unpaired) electrons. The van der Waals surface area contributed by atoms with Crippen LogP contribution in [0.15, 0.2) is 78.9 Å². The number of carbonyl (C=O) groups is 1. The fourth-order valence-corrected chi connectivity index (χ4v) is 4.82. The third kappa shape index (κ3) is 9.02. The highest BCUT2D eigenvalue weighted by atomic mass is 32.2. The molecular weight excluding hydrogens is 478 g/mol. The van der Waals surface area contributed by atoms with E-state index in [9.17, 15) is 13.2 Å². The molecule has 3 aromatic carbocycles. The minimum absolute atomic E-state index is 0.0721. The maximum atomic E-state index is 12.4. The Balaban J connectivity index is 1.46. The number of anilines is 1. The van der Waals surface area contributed by atoms with E-state index in [2.05, 4.69) is 4.72 Å². The first-order valence-electron chi connectivity index (χ1n) is 12.0. The SMILES string of the molecule is CCOC(=O)C(Cc1ccc(OCCc2ccc(NS(=O)(=O)Cc3ccccc3)cc2)cc1)OCC. The van der Waals surface area contributed by atoms with E-state index in [-0.39, 0.29) is 11.7 Å². The van der Waals surface area contributed by atoms with E-state index >= 15 is 0 Å². The summed E-state index contributed by atoms with van der Waals surface area (Å²) < 4.78 is 43.9. The average Bonchev–Trinajstić information content (AvgIpc) is 2.86. The van der Waals surface area contributed by atoms with Gasteiger partial charge in [-0.3, -0.25) is 4.72 Å². The number of hydrogen-bond acceptors (Lipinski definition) is 6. The average molecular weight is 512 g/mol. The predicted octanol–water partition coefficient (Wildman–Crippen LogP) is 4.76. The number of benzene rings is 3. The maximum Gasteiger partial charge on any atom is 0.335 e. The van der Waals surface area contributed by atoms with Crippen LogP contribution in [0.3, 0.4) is 0 Å². The third-order valence-electron chi connectivity index (χ3n) is 5.35. The van der Waals surface area contributed by atoms with Gasteiger partial charge in [-0.25, -0.2) is 13.2 Å². The van der Waals surface area contributed by atoms with E-state index in [0.29, 0.717) is 38.3 Å². The van der Waals surface area contributed by atoms with E-state index in [1.807, 2.05) is 61.5 Å². The van der Waals surface area contributed by atoms with Crippen molar-refractivity contribution in [1.82, 2.24) is 0 Å². The van der Waals surface area contributed by atoms with Gasteiger partial charge in [0.05, 0.1) is 19.0 Å². The molecule has 0 spiro atoms. The molecule has 0 aliphatic rings. The van der Waals surface area contributed by atoms with E-state index in [1.165, 1.54) is 0 Å². The van der Waals surface area contributed by atoms with Crippen molar-refractivity contribution < 1.29 is 27.4 Å². The summed E-state index contributed by atoms with van der Waals surface area (Å²) in [5.41, 5.74) is 3.25. The van der Waals surface area contributed by atoms with Crippen molar-refractivity contribution in [3.8, 4) is 5.75 Å². The summed E-state index contributed by atoms with van der Waals surface area (Å²) >= 11 is 0. The molecule has 8 heteroatoms. The summed E-state index contributed by atoms with van der Waals surface area (Å²) in [5, 5.41) is 0. The number of rotatable bonds is 14. The van der Waals surface area contributed by atoms with Gasteiger partial charge in [0, 0.05) is 25.1 Å². The maximum absolute atomic E-state index is 12.4. The lowest BCUT2D eigenvalue weighted by Gasteiger charge is -2.16. The van der Waals surface area contributed by atoms with Gasteiger partial charge in [-0.2, -0.15) is 0 Å². The highest BCUT2D eigenvalue weighted by Crippen LogP contribution is 2.17. The fourth-order valence-electron chi connectivity index (χ4n) is 3.62. The molecule has 1 unspecified atom stereocenters. The lowest BCUT2D eigenvalue weighted by molar-refractivity contribution is -0.156. The van der Waals surface area contributed by atoms with Crippen LogP contribution in [-0.4, -0.2) is 40.3 Å². The van der Waals surface area contributed by atoms with Crippen LogP contribution in [0, 0.1) is 0 Å². The van der Waals surface area contributed by atoms with Crippen LogP contribution in [0.1, 0.15) is 30.5 Å². The first-order valence-corrected chi connectivity index (χ1v) is 13.7. The van der Waals surface area contributed by atoms with Crippen LogP contribution in [-0.2, 0) is 42.9 Å². The molecular formula is C28H33NO6S. The summed E-state index contributed by atoms with van der Waals surface area (Å²) in [4.78, 5) is 12.0. The molecule has 0 bridgehead atoms. The van der Waals surface area contributed by atoms with Gasteiger partial charge >= 0.3 is 5.97 Å². The second-order valence-electron chi connectivity index (χ2n) is 8.19. The van der Waals surface area contributed by atoms with Crippen LogP contribution >= 0.6 is 0 Å². The summed E-state index contributed by atoms with van der Waals surface area (Å²) in [6.45, 7) is 4.85. The molecule has 1 N–H and O–H groups in total. The highest BCUT2D eigenvalue weighted by Gasteiger charge is 2.20. The largest absolute Gasteiger partial charge is 0.493 e. The van der Waals surface area contributed by atoms with Crippen molar-refractivity contribution in [2.24, 2.45) is 0 Å². The van der Waals surface area contributed by atoms with Crippen LogP contribution in [0.25, 0.3) is 0 Å². The molecule has 0 amide bonds. The molecule has 0 aliphatic carbocycles. The van der Waals surface area contributed by atoms with Gasteiger partial charge in [0.15, 0.2) is 6.10 Å². The van der Waals surface area contributed by atoms with E-state index in [1.54, 1.807) is 31.2 Å². The smallest absolute Gasteiger partial charge is 0.335 e. The molecule has 36 heavy (non-hydrogen) atoms. The van der Waals surface area contributed by atoms with Crippen LogP contribution in [0.5, 0.6) is 5.75 Å². The first-order chi connectivity index (χ1) is 17.4. The zero-order valence-corrected chi connectivity index (χ0v) is 21.5. The Morgan fingerprint density at radius 3 is 2.14 bits per heavy atom. The van der Waals surface area contributed by atoms with Gasteiger partial charge in [-0.1, -0.05) is 54.6 Å². The zero-order valence-electron chi connectivity index (χ0n) is 20.7. The Kier molecular flexibility index (Phi) is 10.3. The Hall–Kier alpha value is -3.36. The van der Waals surface area contributed by atoms with Crippen molar-refractivity contribution in [3.05, 3.63) is 95.6 Å². The molecule has 192 valence electrons. The molecule has 7 nitrogen and oxygen atoms in total. The monoisotopic (exact) mass is 511 g/mol. The van der Waals surface area contributed by atoms with Crippen molar-refractivity contribution in [2.45, 2.75) is 38.5 Å². The second kappa shape index (κ2) is 13.7. The fraction of sp³-hybridized carbons (Fsp3) is 0.321. The zero-order chi connectivity index (χ0) is 25.8. The molecule has 0 fully saturated rings. The summed E-state index contributed by atoms with van der Waals surface area (Å²) in [5.74, 6) is 0.306. The quantitative estimate of drug-likeness (QED) is 0.314. The normalized spacial score (nSPS) is 12.1. The minimum Gasteiger partial charge on any atom is -0.493 e. The Labute approximate surface area is 213 Å². The number of sulfonamides is 1. The van der Waals surface area contributed by atoms with Crippen molar-refractivity contribution in [2.75, 3.05) is 24.5 Å². The van der Waals surface area contributed by atoms with Crippen molar-refractivity contribution in [3.63, 3.8) is 0 Å². The van der Waals surface area contributed by atoms with Crippen LogP contribution in [0.4, 0.5) is 5.69 Å². The predicted molar refractivity (Wildman–Crippen MR) is 141 cm³/mol. The molecule has 0 heterocycles. The minimum atomic E-state index is -3.48.